The molecule has 0 bridgehead atoms. The van der Waals surface area contributed by atoms with E-state index in [4.69, 9.17) is 8.22 Å². The highest BCUT2D eigenvalue weighted by atomic mass is 15.0. The lowest BCUT2D eigenvalue weighted by molar-refractivity contribution is -0.667. The Hall–Kier alpha value is -8.15. The molecule has 0 atom stereocenters. The molecule has 0 N–H and O–H groups in total. The summed E-state index contributed by atoms with van der Waals surface area (Å²) >= 11 is 0. The largest absolute Gasteiger partial charge is 0.215 e. The average molecular weight is 1140 g/mol. The molecule has 0 spiro atoms. The van der Waals surface area contributed by atoms with Crippen molar-refractivity contribution in [3.05, 3.63) is 264 Å². The predicted molar refractivity (Wildman–Crippen MR) is 360 cm³/mol. The van der Waals surface area contributed by atoms with E-state index in [2.05, 4.69) is 263 Å². The van der Waals surface area contributed by atoms with Gasteiger partial charge in [0.25, 0.3) is 0 Å². The van der Waals surface area contributed by atoms with E-state index < -0.39 is 13.7 Å². The molecular formula is C80H100N5+5. The van der Waals surface area contributed by atoms with Gasteiger partial charge in [0, 0.05) is 129 Å². The zero-order valence-electron chi connectivity index (χ0n) is 61.7. The lowest BCUT2D eigenvalue weighted by Gasteiger charge is -2.10. The molecule has 5 nitrogen and oxygen atoms in total. The monoisotopic (exact) mass is 1140 g/mol. The van der Waals surface area contributed by atoms with Crippen LogP contribution in [-0.2, 0) is 35.2 Å². The number of nitrogens with zero attached hydrogens (tertiary/aromatic N) is 5. The first-order valence-electron chi connectivity index (χ1n) is 32.7. The number of rotatable bonds is 5. The van der Waals surface area contributed by atoms with Crippen LogP contribution in [0.25, 0.3) is 56.3 Å². The Kier molecular flexibility index (Phi) is 19.3. The first-order chi connectivity index (χ1) is 42.5. The van der Waals surface area contributed by atoms with Gasteiger partial charge in [0.2, 0.25) is 28.5 Å². The molecule has 10 rings (SSSR count). The van der Waals surface area contributed by atoms with E-state index in [0.29, 0.717) is 11.1 Å². The summed E-state index contributed by atoms with van der Waals surface area (Å²) in [6, 6.07) is 52.0. The lowest BCUT2D eigenvalue weighted by Crippen LogP contribution is -2.35. The zero-order chi connectivity index (χ0) is 67.9. The predicted octanol–water partition coefficient (Wildman–Crippen LogP) is 17.1. The topological polar surface area (TPSA) is 19.4 Å². The van der Waals surface area contributed by atoms with Crippen molar-refractivity contribution in [1.82, 2.24) is 0 Å². The molecule has 5 heterocycles. The SMILES string of the molecule is Cc1ccc(-c2c(C)ccc(C)[n+]2C)c(C)c1.Cc1cccc(-c2c(C)ccc(C)[n+]2C)c1C.Cc1cccc(-c2c(C)ccc(C)[n+]2C)c1C.[2H]C([2H])([2H])c1ccc(-c2c(C)ccc(C)[n+]2C)c(C)c1.[2H]C([2H])([2H])c1cccc(-c2c(C)ccc(C)[n+]2C)c1C. The van der Waals surface area contributed by atoms with Gasteiger partial charge in [-0.25, -0.2) is 0 Å². The van der Waals surface area contributed by atoms with E-state index >= 15 is 0 Å². The van der Waals surface area contributed by atoms with Gasteiger partial charge in [-0.15, -0.1) is 0 Å². The summed E-state index contributed by atoms with van der Waals surface area (Å²) in [5.74, 6) is 0. The van der Waals surface area contributed by atoms with Crippen LogP contribution >= 0.6 is 0 Å². The summed E-state index contributed by atoms with van der Waals surface area (Å²) in [5.41, 5.74) is 35.5. The lowest BCUT2D eigenvalue weighted by atomic mass is 9.97. The van der Waals surface area contributed by atoms with E-state index in [1.54, 1.807) is 18.2 Å². The molecule has 0 aliphatic heterocycles. The second-order valence-electron chi connectivity index (χ2n) is 23.6. The van der Waals surface area contributed by atoms with Crippen molar-refractivity contribution in [3.63, 3.8) is 0 Å². The van der Waals surface area contributed by atoms with Crippen LogP contribution in [0.3, 0.4) is 0 Å². The summed E-state index contributed by atoms with van der Waals surface area (Å²) in [6.45, 7) is 34.0. The Bertz CT molecular complexity index is 4200. The summed E-state index contributed by atoms with van der Waals surface area (Å²) in [4.78, 5) is 0. The molecule has 5 aromatic heterocycles. The third-order valence-electron chi connectivity index (χ3n) is 17.5. The van der Waals surface area contributed by atoms with Crippen molar-refractivity contribution < 1.29 is 31.1 Å². The highest BCUT2D eigenvalue weighted by Crippen LogP contribution is 2.30. The van der Waals surface area contributed by atoms with Gasteiger partial charge in [0.15, 0.2) is 28.5 Å². The molecule has 0 aliphatic rings. The number of aromatic nitrogens is 5. The maximum absolute atomic E-state index is 7.65. The number of benzene rings is 5. The molecular weight excluding hydrogens is 1030 g/mol. The first-order valence-corrected chi connectivity index (χ1v) is 29.7. The van der Waals surface area contributed by atoms with Crippen molar-refractivity contribution in [2.75, 3.05) is 0 Å². The van der Waals surface area contributed by atoms with Gasteiger partial charge < -0.3 is 0 Å². The number of pyridine rings is 5. The van der Waals surface area contributed by atoms with Gasteiger partial charge in [-0.05, 0) is 209 Å². The van der Waals surface area contributed by atoms with Crippen LogP contribution in [0.15, 0.2) is 152 Å². The highest BCUT2D eigenvalue weighted by molar-refractivity contribution is 5.69. The van der Waals surface area contributed by atoms with Gasteiger partial charge in [0.05, 0.1) is 0 Å². The Balaban J connectivity index is 0.000000181. The standard InChI is InChI=1S/5C16H20N/c2*1-11-6-9-15(13(3)10-11)16-12(2)7-8-14(4)17(16)5;3*1-11-7-6-8-15(14(11)4)16-12(2)9-10-13(3)17(16)5/h5*6-10H,1-5H3/q5*+1/i1D3;;1D3;;. The van der Waals surface area contributed by atoms with Crippen molar-refractivity contribution in [2.45, 2.75) is 138 Å². The molecule has 0 fully saturated rings. The van der Waals surface area contributed by atoms with Gasteiger partial charge in [0.1, 0.15) is 35.2 Å². The zero-order valence-corrected chi connectivity index (χ0v) is 55.7. The van der Waals surface area contributed by atoms with Gasteiger partial charge in [-0.3, -0.25) is 0 Å². The molecule has 0 amide bonds. The van der Waals surface area contributed by atoms with Crippen LogP contribution in [0.2, 0.25) is 0 Å². The van der Waals surface area contributed by atoms with Crippen molar-refractivity contribution in [1.29, 1.82) is 0 Å². The van der Waals surface area contributed by atoms with Crippen LogP contribution in [-0.4, -0.2) is 0 Å². The first kappa shape index (κ1) is 57.3. The van der Waals surface area contributed by atoms with E-state index in [0.717, 1.165) is 44.9 Å². The van der Waals surface area contributed by atoms with Crippen molar-refractivity contribution in [3.8, 4) is 56.3 Å². The maximum atomic E-state index is 7.65. The maximum Gasteiger partial charge on any atom is 0.215 e. The molecule has 5 heteroatoms. The minimum atomic E-state index is -2.07. The van der Waals surface area contributed by atoms with Gasteiger partial charge in [-0.1, -0.05) is 71.8 Å². The fourth-order valence-electron chi connectivity index (χ4n) is 11.3. The third-order valence-corrected chi connectivity index (χ3v) is 17.5. The summed E-state index contributed by atoms with van der Waals surface area (Å²) < 4.78 is 56.5. The van der Waals surface area contributed by atoms with Crippen LogP contribution in [0, 0.1) is 138 Å². The normalized spacial score (nSPS) is 12.0. The van der Waals surface area contributed by atoms with Gasteiger partial charge >= 0.3 is 0 Å². The van der Waals surface area contributed by atoms with E-state index in [1.165, 1.54) is 112 Å². The summed E-state index contributed by atoms with van der Waals surface area (Å²) in [7, 11) is 10.5. The Morgan fingerprint density at radius 3 is 0.765 bits per heavy atom. The summed E-state index contributed by atoms with van der Waals surface area (Å²) in [6.07, 6.45) is 0. The molecule has 0 aliphatic carbocycles. The summed E-state index contributed by atoms with van der Waals surface area (Å²) in [5, 5.41) is 0. The minimum Gasteiger partial charge on any atom is -0.198 e. The molecule has 85 heavy (non-hydrogen) atoms. The molecule has 0 saturated carbocycles. The van der Waals surface area contributed by atoms with E-state index in [9.17, 15) is 0 Å². The average Bonchev–Trinajstić information content (AvgIpc) is 1.38. The molecule has 5 aromatic carbocycles. The van der Waals surface area contributed by atoms with Crippen LogP contribution < -0.4 is 22.8 Å². The Morgan fingerprint density at radius 1 is 0.224 bits per heavy atom. The van der Waals surface area contributed by atoms with Crippen molar-refractivity contribution in [2.24, 2.45) is 35.2 Å². The minimum absolute atomic E-state index is 0.395. The number of hydrogen-bond acceptors (Lipinski definition) is 0. The van der Waals surface area contributed by atoms with Crippen molar-refractivity contribution >= 4 is 0 Å². The molecule has 10 aromatic rings. The molecule has 0 radical (unpaired) electrons. The van der Waals surface area contributed by atoms with Crippen LogP contribution in [0.5, 0.6) is 0 Å². The second-order valence-corrected chi connectivity index (χ2v) is 23.6. The Labute approximate surface area is 522 Å². The number of aryl methyl sites for hydroxylation is 17. The van der Waals surface area contributed by atoms with Crippen LogP contribution in [0.1, 0.15) is 120 Å². The van der Waals surface area contributed by atoms with E-state index in [-0.39, 0.29) is 0 Å². The van der Waals surface area contributed by atoms with E-state index in [1.807, 2.05) is 53.1 Å². The third kappa shape index (κ3) is 15.2. The fourth-order valence-corrected chi connectivity index (χ4v) is 11.3. The fraction of sp³-hybridized carbons (Fsp3) is 0.312. The highest BCUT2D eigenvalue weighted by Gasteiger charge is 2.22. The van der Waals surface area contributed by atoms with Crippen LogP contribution in [0.4, 0.5) is 0 Å². The molecule has 0 unspecified atom stereocenters. The second kappa shape index (κ2) is 28.6. The molecule has 0 saturated heterocycles. The molecule has 440 valence electrons. The number of hydrogen-bond donors (Lipinski definition) is 0. The van der Waals surface area contributed by atoms with Gasteiger partial charge in [-0.2, -0.15) is 22.8 Å². The quantitative estimate of drug-likeness (QED) is 0.153. The smallest absolute Gasteiger partial charge is 0.198 e. The Morgan fingerprint density at radius 2 is 0.482 bits per heavy atom.